The molecule has 16 heavy (non-hydrogen) atoms. The molecule has 0 fully saturated rings. The highest BCUT2D eigenvalue weighted by Gasteiger charge is 2.11. The van der Waals surface area contributed by atoms with Crippen LogP contribution in [0, 0.1) is 0 Å². The largest absolute Gasteiger partial charge is 0.376 e. The number of benzene rings is 1. The number of nitrogens with two attached hydrogens (primary N) is 1. The van der Waals surface area contributed by atoms with Crippen molar-refractivity contribution in [1.29, 1.82) is 0 Å². The summed E-state index contributed by atoms with van der Waals surface area (Å²) in [5.41, 5.74) is 5.87. The summed E-state index contributed by atoms with van der Waals surface area (Å²) in [4.78, 5) is 22.0. The van der Waals surface area contributed by atoms with Gasteiger partial charge in [-0.3, -0.25) is 9.59 Å². The minimum Gasteiger partial charge on any atom is -0.376 e. The second-order valence-corrected chi connectivity index (χ2v) is 3.41. The van der Waals surface area contributed by atoms with Crippen molar-refractivity contribution < 1.29 is 9.59 Å². The second kappa shape index (κ2) is 5.75. The molecule has 5 nitrogen and oxygen atoms in total. The normalized spacial score (nSPS) is 11.6. The number of hydrogen-bond acceptors (Lipinski definition) is 3. The van der Waals surface area contributed by atoms with Gasteiger partial charge >= 0.3 is 0 Å². The SMILES string of the molecule is C[C@@H](NC(=O)CNc1ccccc1)C(N)=O. The Morgan fingerprint density at radius 2 is 1.94 bits per heavy atom. The van der Waals surface area contributed by atoms with Gasteiger partial charge in [-0.05, 0) is 19.1 Å². The van der Waals surface area contributed by atoms with Crippen molar-refractivity contribution in [3.05, 3.63) is 30.3 Å². The zero-order valence-electron chi connectivity index (χ0n) is 9.07. The number of carbonyl (C=O) groups is 2. The Labute approximate surface area is 94.0 Å². The number of para-hydroxylation sites is 1. The van der Waals surface area contributed by atoms with E-state index in [0.29, 0.717) is 0 Å². The smallest absolute Gasteiger partial charge is 0.239 e. The number of amides is 2. The maximum atomic E-state index is 11.3. The lowest BCUT2D eigenvalue weighted by molar-refractivity contribution is -0.126. The van der Waals surface area contributed by atoms with Crippen LogP contribution in [-0.2, 0) is 9.59 Å². The first-order chi connectivity index (χ1) is 7.59. The molecule has 2 amide bonds. The fourth-order valence-corrected chi connectivity index (χ4v) is 1.10. The summed E-state index contributed by atoms with van der Waals surface area (Å²) in [6.07, 6.45) is 0. The molecular weight excluding hydrogens is 206 g/mol. The Kier molecular flexibility index (Phi) is 4.32. The summed E-state index contributed by atoms with van der Waals surface area (Å²) in [5.74, 6) is -0.816. The van der Waals surface area contributed by atoms with Crippen molar-refractivity contribution in [2.24, 2.45) is 5.73 Å². The van der Waals surface area contributed by atoms with Crippen LogP contribution in [0.3, 0.4) is 0 Å². The Morgan fingerprint density at radius 1 is 1.31 bits per heavy atom. The average molecular weight is 221 g/mol. The Bertz CT molecular complexity index is 365. The summed E-state index contributed by atoms with van der Waals surface area (Å²) in [6.45, 7) is 1.66. The summed E-state index contributed by atoms with van der Waals surface area (Å²) in [5, 5.41) is 5.40. The molecule has 0 aromatic heterocycles. The number of carbonyl (C=O) groups excluding carboxylic acids is 2. The number of nitrogens with one attached hydrogen (secondary N) is 2. The summed E-state index contributed by atoms with van der Waals surface area (Å²) < 4.78 is 0. The van der Waals surface area contributed by atoms with Gasteiger partial charge in [0.05, 0.1) is 6.54 Å². The highest BCUT2D eigenvalue weighted by molar-refractivity contribution is 5.88. The van der Waals surface area contributed by atoms with Crippen LogP contribution in [0.1, 0.15) is 6.92 Å². The monoisotopic (exact) mass is 221 g/mol. The van der Waals surface area contributed by atoms with E-state index in [4.69, 9.17) is 5.73 Å². The highest BCUT2D eigenvalue weighted by Crippen LogP contribution is 2.03. The standard InChI is InChI=1S/C11H15N3O2/c1-8(11(12)16)14-10(15)7-13-9-5-3-2-4-6-9/h2-6,8,13H,7H2,1H3,(H2,12,16)(H,14,15)/t8-/m1/s1. The molecule has 0 unspecified atom stereocenters. The number of primary amides is 1. The predicted molar refractivity (Wildman–Crippen MR) is 61.7 cm³/mol. The van der Waals surface area contributed by atoms with Crippen LogP contribution in [0.2, 0.25) is 0 Å². The van der Waals surface area contributed by atoms with Gasteiger partial charge in [-0.15, -0.1) is 0 Å². The minimum absolute atomic E-state index is 0.113. The summed E-state index contributed by atoms with van der Waals surface area (Å²) in [6, 6.07) is 8.68. The van der Waals surface area contributed by atoms with E-state index in [0.717, 1.165) is 5.69 Å². The molecule has 0 radical (unpaired) electrons. The fraction of sp³-hybridized carbons (Fsp3) is 0.273. The van der Waals surface area contributed by atoms with E-state index < -0.39 is 11.9 Å². The number of rotatable bonds is 5. The van der Waals surface area contributed by atoms with E-state index in [9.17, 15) is 9.59 Å². The van der Waals surface area contributed by atoms with Crippen molar-refractivity contribution in [3.63, 3.8) is 0 Å². The van der Waals surface area contributed by atoms with Gasteiger partial charge in [-0.25, -0.2) is 0 Å². The molecule has 4 N–H and O–H groups in total. The van der Waals surface area contributed by atoms with Crippen LogP contribution in [0.4, 0.5) is 5.69 Å². The third kappa shape index (κ3) is 4.00. The van der Waals surface area contributed by atoms with Gasteiger partial charge in [0.2, 0.25) is 11.8 Å². The van der Waals surface area contributed by atoms with Crippen LogP contribution >= 0.6 is 0 Å². The second-order valence-electron chi connectivity index (χ2n) is 3.41. The topological polar surface area (TPSA) is 84.2 Å². The molecule has 0 saturated carbocycles. The maximum absolute atomic E-state index is 11.3. The zero-order valence-corrected chi connectivity index (χ0v) is 9.07. The van der Waals surface area contributed by atoms with Crippen molar-refractivity contribution in [3.8, 4) is 0 Å². The summed E-state index contributed by atoms with van der Waals surface area (Å²) >= 11 is 0. The molecule has 0 aliphatic rings. The van der Waals surface area contributed by atoms with Crippen LogP contribution in [0.15, 0.2) is 30.3 Å². The predicted octanol–water partition coefficient (Wildman–Crippen LogP) is 0.0885. The Hall–Kier alpha value is -2.04. The lowest BCUT2D eigenvalue weighted by atomic mass is 10.3. The van der Waals surface area contributed by atoms with Crippen molar-refractivity contribution in [2.45, 2.75) is 13.0 Å². The minimum atomic E-state index is -0.648. The molecule has 1 aromatic rings. The molecule has 1 atom stereocenters. The Balaban J connectivity index is 2.33. The van der Waals surface area contributed by atoms with Crippen molar-refractivity contribution in [2.75, 3.05) is 11.9 Å². The molecule has 0 aliphatic carbocycles. The quantitative estimate of drug-likeness (QED) is 0.658. The van der Waals surface area contributed by atoms with Crippen molar-refractivity contribution >= 4 is 17.5 Å². The van der Waals surface area contributed by atoms with Gasteiger partial charge in [0.25, 0.3) is 0 Å². The zero-order chi connectivity index (χ0) is 12.0. The van der Waals surface area contributed by atoms with E-state index in [2.05, 4.69) is 10.6 Å². The van der Waals surface area contributed by atoms with Gasteiger partial charge in [0.1, 0.15) is 6.04 Å². The Morgan fingerprint density at radius 3 is 2.50 bits per heavy atom. The van der Waals surface area contributed by atoms with E-state index in [1.165, 1.54) is 0 Å². The van der Waals surface area contributed by atoms with Crippen LogP contribution in [0.25, 0.3) is 0 Å². The molecule has 1 aromatic carbocycles. The number of anilines is 1. The van der Waals surface area contributed by atoms with Gasteiger partial charge < -0.3 is 16.4 Å². The molecule has 0 aliphatic heterocycles. The lowest BCUT2D eigenvalue weighted by Gasteiger charge is -2.11. The first-order valence-electron chi connectivity index (χ1n) is 4.97. The molecule has 0 bridgehead atoms. The van der Waals surface area contributed by atoms with E-state index in [-0.39, 0.29) is 12.5 Å². The molecule has 1 rings (SSSR count). The van der Waals surface area contributed by atoms with Gasteiger partial charge in [-0.2, -0.15) is 0 Å². The molecule has 0 heterocycles. The highest BCUT2D eigenvalue weighted by atomic mass is 16.2. The first kappa shape index (κ1) is 12.0. The molecule has 0 saturated heterocycles. The van der Waals surface area contributed by atoms with E-state index in [1.807, 2.05) is 30.3 Å². The van der Waals surface area contributed by atoms with Crippen LogP contribution in [0.5, 0.6) is 0 Å². The maximum Gasteiger partial charge on any atom is 0.239 e. The molecule has 86 valence electrons. The molecular formula is C11H15N3O2. The van der Waals surface area contributed by atoms with Crippen LogP contribution < -0.4 is 16.4 Å². The summed E-state index contributed by atoms with van der Waals surface area (Å²) in [7, 11) is 0. The number of hydrogen-bond donors (Lipinski definition) is 3. The van der Waals surface area contributed by atoms with Gasteiger partial charge in [0.15, 0.2) is 0 Å². The molecule has 0 spiro atoms. The lowest BCUT2D eigenvalue weighted by Crippen LogP contribution is -2.44. The van der Waals surface area contributed by atoms with Crippen LogP contribution in [-0.4, -0.2) is 24.4 Å². The fourth-order valence-electron chi connectivity index (χ4n) is 1.10. The third-order valence-electron chi connectivity index (χ3n) is 2.03. The van der Waals surface area contributed by atoms with Gasteiger partial charge in [-0.1, -0.05) is 18.2 Å². The van der Waals surface area contributed by atoms with E-state index >= 15 is 0 Å². The van der Waals surface area contributed by atoms with Crippen molar-refractivity contribution in [1.82, 2.24) is 5.32 Å². The third-order valence-corrected chi connectivity index (χ3v) is 2.03. The van der Waals surface area contributed by atoms with E-state index in [1.54, 1.807) is 6.92 Å². The first-order valence-corrected chi connectivity index (χ1v) is 4.97. The average Bonchev–Trinajstić information content (AvgIpc) is 2.27. The van der Waals surface area contributed by atoms with Gasteiger partial charge in [0, 0.05) is 5.69 Å². The molecule has 5 heteroatoms.